The highest BCUT2D eigenvalue weighted by Crippen LogP contribution is 2.35. The summed E-state index contributed by atoms with van der Waals surface area (Å²) in [5.74, 6) is 0. The van der Waals surface area contributed by atoms with Crippen LogP contribution in [-0.2, 0) is 0 Å². The molecular weight excluding hydrogens is 242 g/mol. The molecule has 0 saturated carbocycles. The lowest BCUT2D eigenvalue weighted by Crippen LogP contribution is -2.29. The van der Waals surface area contributed by atoms with Crippen LogP contribution in [0.15, 0.2) is 60.7 Å². The molecule has 1 heteroatoms. The third-order valence-electron chi connectivity index (χ3n) is 4.26. The van der Waals surface area contributed by atoms with Gasteiger partial charge in [-0.05, 0) is 42.7 Å². The van der Waals surface area contributed by atoms with Gasteiger partial charge in [-0.25, -0.2) is 0 Å². The second-order valence-electron chi connectivity index (χ2n) is 5.61. The first kappa shape index (κ1) is 13.1. The van der Waals surface area contributed by atoms with Gasteiger partial charge in [0.1, 0.15) is 0 Å². The first-order chi connectivity index (χ1) is 9.75. The molecule has 1 aliphatic rings. The van der Waals surface area contributed by atoms with Crippen LogP contribution in [0.5, 0.6) is 0 Å². The molecule has 2 aromatic carbocycles. The summed E-state index contributed by atoms with van der Waals surface area (Å²) in [6, 6.07) is 20.0. The maximum Gasteiger partial charge on any atom is 0.0391 e. The number of rotatable bonds is 2. The second kappa shape index (κ2) is 5.64. The molecule has 1 aliphatic heterocycles. The number of hydrogen-bond donors (Lipinski definition) is 0. The van der Waals surface area contributed by atoms with Gasteiger partial charge in [-0.1, -0.05) is 60.7 Å². The Morgan fingerprint density at radius 1 is 0.950 bits per heavy atom. The van der Waals surface area contributed by atoms with E-state index in [1.807, 2.05) is 0 Å². The van der Waals surface area contributed by atoms with E-state index in [4.69, 9.17) is 0 Å². The van der Waals surface area contributed by atoms with E-state index in [1.165, 1.54) is 22.3 Å². The molecular formula is C19H21N. The van der Waals surface area contributed by atoms with Crippen LogP contribution in [0.1, 0.15) is 29.2 Å². The van der Waals surface area contributed by atoms with Gasteiger partial charge in [0.25, 0.3) is 0 Å². The van der Waals surface area contributed by atoms with Crippen molar-refractivity contribution in [3.05, 3.63) is 77.4 Å². The Bertz CT molecular complexity index is 613. The van der Waals surface area contributed by atoms with Crippen LogP contribution in [0.4, 0.5) is 0 Å². The van der Waals surface area contributed by atoms with Crippen molar-refractivity contribution in [3.63, 3.8) is 0 Å². The summed E-state index contributed by atoms with van der Waals surface area (Å²) in [6.07, 6.45) is 3.45. The molecule has 3 rings (SSSR count). The topological polar surface area (TPSA) is 3.24 Å². The Morgan fingerprint density at radius 2 is 1.65 bits per heavy atom. The molecule has 1 atom stereocenters. The van der Waals surface area contributed by atoms with Gasteiger partial charge in [0.15, 0.2) is 0 Å². The normalized spacial score (nSPS) is 19.7. The van der Waals surface area contributed by atoms with Gasteiger partial charge >= 0.3 is 0 Å². The fourth-order valence-corrected chi connectivity index (χ4v) is 3.02. The average molecular weight is 263 g/mol. The highest BCUT2D eigenvalue weighted by atomic mass is 15.1. The molecule has 0 amide bonds. The Hall–Kier alpha value is -1.86. The molecule has 0 fully saturated rings. The zero-order valence-electron chi connectivity index (χ0n) is 12.2. The van der Waals surface area contributed by atoms with Crippen LogP contribution >= 0.6 is 0 Å². The first-order valence-electron chi connectivity index (χ1n) is 7.26. The van der Waals surface area contributed by atoms with Crippen molar-refractivity contribution in [2.24, 2.45) is 0 Å². The van der Waals surface area contributed by atoms with Crippen molar-refractivity contribution in [2.75, 3.05) is 13.6 Å². The monoisotopic (exact) mass is 263 g/mol. The molecule has 0 radical (unpaired) electrons. The molecule has 1 heterocycles. The Kier molecular flexibility index (Phi) is 3.70. The smallest absolute Gasteiger partial charge is 0.0391 e. The molecule has 0 saturated heterocycles. The fraction of sp³-hybridized carbons (Fsp3) is 0.263. The summed E-state index contributed by atoms with van der Waals surface area (Å²) >= 11 is 0. The lowest BCUT2D eigenvalue weighted by Gasteiger charge is -2.33. The Balaban J connectivity index is 1.91. The van der Waals surface area contributed by atoms with Crippen LogP contribution in [-0.4, -0.2) is 18.5 Å². The van der Waals surface area contributed by atoms with E-state index in [-0.39, 0.29) is 0 Å². The Labute approximate surface area is 121 Å². The summed E-state index contributed by atoms with van der Waals surface area (Å²) in [6.45, 7) is 3.23. The molecule has 1 unspecified atom stereocenters. The predicted octanol–water partition coefficient (Wildman–Crippen LogP) is 4.46. The van der Waals surface area contributed by atoms with E-state index in [1.54, 1.807) is 0 Å². The molecule has 0 spiro atoms. The summed E-state index contributed by atoms with van der Waals surface area (Å²) < 4.78 is 0. The van der Waals surface area contributed by atoms with E-state index in [9.17, 15) is 0 Å². The summed E-state index contributed by atoms with van der Waals surface area (Å²) in [5.41, 5.74) is 5.67. The van der Waals surface area contributed by atoms with Gasteiger partial charge < -0.3 is 0 Å². The Morgan fingerprint density at radius 3 is 2.40 bits per heavy atom. The molecule has 0 bridgehead atoms. The molecule has 102 valence electrons. The summed E-state index contributed by atoms with van der Waals surface area (Å²) in [5, 5.41) is 0. The van der Waals surface area contributed by atoms with E-state index in [0.29, 0.717) is 6.04 Å². The van der Waals surface area contributed by atoms with Crippen LogP contribution in [0.25, 0.3) is 5.57 Å². The van der Waals surface area contributed by atoms with Crippen molar-refractivity contribution < 1.29 is 0 Å². The van der Waals surface area contributed by atoms with Gasteiger partial charge in [-0.15, -0.1) is 0 Å². The molecule has 0 aromatic heterocycles. The van der Waals surface area contributed by atoms with Gasteiger partial charge in [-0.3, -0.25) is 4.90 Å². The van der Waals surface area contributed by atoms with E-state index in [2.05, 4.69) is 79.5 Å². The zero-order chi connectivity index (χ0) is 13.9. The zero-order valence-corrected chi connectivity index (χ0v) is 12.2. The van der Waals surface area contributed by atoms with Gasteiger partial charge in [-0.2, -0.15) is 0 Å². The maximum atomic E-state index is 2.44. The van der Waals surface area contributed by atoms with Crippen molar-refractivity contribution in [2.45, 2.75) is 19.4 Å². The standard InChI is InChI=1S/C19H21N/c1-15-8-6-7-11-18(15)19-14-17(12-13-20(19)2)16-9-4-3-5-10-16/h3-12,19H,13-14H2,1-2H3. The SMILES string of the molecule is Cc1ccccc1C1CC(c2ccccc2)=CCN1C. The summed E-state index contributed by atoms with van der Waals surface area (Å²) in [4.78, 5) is 2.44. The maximum absolute atomic E-state index is 2.44. The number of hydrogen-bond acceptors (Lipinski definition) is 1. The second-order valence-corrected chi connectivity index (χ2v) is 5.61. The highest BCUT2D eigenvalue weighted by molar-refractivity contribution is 5.67. The molecule has 20 heavy (non-hydrogen) atoms. The largest absolute Gasteiger partial charge is 0.295 e. The van der Waals surface area contributed by atoms with Gasteiger partial charge in [0.05, 0.1) is 0 Å². The minimum Gasteiger partial charge on any atom is -0.295 e. The predicted molar refractivity (Wildman–Crippen MR) is 85.6 cm³/mol. The van der Waals surface area contributed by atoms with Crippen LogP contribution in [0.2, 0.25) is 0 Å². The minimum absolute atomic E-state index is 0.483. The third kappa shape index (κ3) is 2.54. The van der Waals surface area contributed by atoms with Crippen LogP contribution in [0, 0.1) is 6.92 Å². The molecule has 0 aliphatic carbocycles. The average Bonchev–Trinajstić information content (AvgIpc) is 2.49. The van der Waals surface area contributed by atoms with Crippen molar-refractivity contribution >= 4 is 5.57 Å². The van der Waals surface area contributed by atoms with E-state index in [0.717, 1.165) is 13.0 Å². The lowest BCUT2D eigenvalue weighted by atomic mass is 9.89. The van der Waals surface area contributed by atoms with Crippen LogP contribution in [0.3, 0.4) is 0 Å². The van der Waals surface area contributed by atoms with Crippen LogP contribution < -0.4 is 0 Å². The number of benzene rings is 2. The molecule has 1 nitrogen and oxygen atoms in total. The molecule has 2 aromatic rings. The fourth-order valence-electron chi connectivity index (χ4n) is 3.02. The van der Waals surface area contributed by atoms with Crippen molar-refractivity contribution in [1.82, 2.24) is 4.90 Å². The van der Waals surface area contributed by atoms with E-state index >= 15 is 0 Å². The minimum atomic E-state index is 0.483. The third-order valence-corrected chi connectivity index (χ3v) is 4.26. The van der Waals surface area contributed by atoms with Crippen molar-refractivity contribution in [1.29, 1.82) is 0 Å². The first-order valence-corrected chi connectivity index (χ1v) is 7.26. The van der Waals surface area contributed by atoms with Gasteiger partial charge in [0, 0.05) is 12.6 Å². The quantitative estimate of drug-likeness (QED) is 0.773. The van der Waals surface area contributed by atoms with Crippen molar-refractivity contribution in [3.8, 4) is 0 Å². The highest BCUT2D eigenvalue weighted by Gasteiger charge is 2.23. The van der Waals surface area contributed by atoms with E-state index < -0.39 is 0 Å². The molecule has 0 N–H and O–H groups in total. The number of aryl methyl sites for hydroxylation is 1. The van der Waals surface area contributed by atoms with Gasteiger partial charge in [0.2, 0.25) is 0 Å². The number of likely N-dealkylation sites (N-methyl/N-ethyl adjacent to an activating group) is 1. The number of nitrogens with zero attached hydrogens (tertiary/aromatic N) is 1. The lowest BCUT2D eigenvalue weighted by molar-refractivity contribution is 0.264. The summed E-state index contributed by atoms with van der Waals surface area (Å²) in [7, 11) is 2.22.